The molecule has 0 bridgehead atoms. The quantitative estimate of drug-likeness (QED) is 0.777. The predicted octanol–water partition coefficient (Wildman–Crippen LogP) is 3.63. The van der Waals surface area contributed by atoms with Gasteiger partial charge in [-0.3, -0.25) is 4.68 Å². The number of halogens is 2. The van der Waals surface area contributed by atoms with Crippen molar-refractivity contribution in [3.8, 4) is 0 Å². The van der Waals surface area contributed by atoms with Crippen LogP contribution >= 0.6 is 31.9 Å². The fourth-order valence-electron chi connectivity index (χ4n) is 1.97. The van der Waals surface area contributed by atoms with Gasteiger partial charge >= 0.3 is 0 Å². The van der Waals surface area contributed by atoms with Crippen molar-refractivity contribution in [2.24, 2.45) is 7.05 Å². The SMILES string of the molecule is CC(Br)CC(C)(C)c1c(Br)cnn1C. The zero-order chi connectivity index (χ0) is 10.9. The molecule has 0 aliphatic rings. The van der Waals surface area contributed by atoms with Crippen LogP contribution in [0.4, 0.5) is 0 Å². The maximum Gasteiger partial charge on any atom is 0.0635 e. The zero-order valence-corrected chi connectivity index (χ0v) is 12.2. The van der Waals surface area contributed by atoms with E-state index in [1.165, 1.54) is 5.69 Å². The Kier molecular flexibility index (Phi) is 3.81. The minimum Gasteiger partial charge on any atom is -0.271 e. The van der Waals surface area contributed by atoms with Gasteiger partial charge in [0.05, 0.1) is 16.4 Å². The fraction of sp³-hybridized carbons (Fsp3) is 0.700. The van der Waals surface area contributed by atoms with E-state index in [2.05, 4.69) is 57.7 Å². The maximum absolute atomic E-state index is 4.24. The van der Waals surface area contributed by atoms with Gasteiger partial charge in [0.25, 0.3) is 0 Å². The summed E-state index contributed by atoms with van der Waals surface area (Å²) in [4.78, 5) is 0.513. The molecule has 1 rings (SSSR count). The summed E-state index contributed by atoms with van der Waals surface area (Å²) in [6, 6.07) is 0. The molecule has 1 aromatic rings. The summed E-state index contributed by atoms with van der Waals surface area (Å²) in [5.41, 5.74) is 1.39. The van der Waals surface area contributed by atoms with Crippen molar-refractivity contribution in [1.29, 1.82) is 0 Å². The third kappa shape index (κ3) is 2.60. The van der Waals surface area contributed by atoms with Gasteiger partial charge in [0.2, 0.25) is 0 Å². The first kappa shape index (κ1) is 12.2. The molecule has 14 heavy (non-hydrogen) atoms. The minimum absolute atomic E-state index is 0.132. The van der Waals surface area contributed by atoms with Crippen molar-refractivity contribution in [2.75, 3.05) is 0 Å². The number of aryl methyl sites for hydroxylation is 1. The van der Waals surface area contributed by atoms with E-state index in [4.69, 9.17) is 0 Å². The van der Waals surface area contributed by atoms with Crippen LogP contribution in [0.2, 0.25) is 0 Å². The van der Waals surface area contributed by atoms with Crippen LogP contribution in [0.1, 0.15) is 32.9 Å². The Bertz CT molecular complexity index is 296. The van der Waals surface area contributed by atoms with Gasteiger partial charge in [0, 0.05) is 17.3 Å². The Morgan fingerprint density at radius 1 is 1.57 bits per heavy atom. The van der Waals surface area contributed by atoms with E-state index in [9.17, 15) is 0 Å². The Labute approximate surface area is 102 Å². The molecular formula is C10H16Br2N2. The van der Waals surface area contributed by atoms with Crippen LogP contribution in [0, 0.1) is 0 Å². The summed E-state index contributed by atoms with van der Waals surface area (Å²) < 4.78 is 3.04. The maximum atomic E-state index is 4.24. The molecular weight excluding hydrogens is 308 g/mol. The standard InChI is InChI=1S/C10H16Br2N2/c1-7(11)5-10(2,3)9-8(12)6-13-14(9)4/h6-7H,5H2,1-4H3. The van der Waals surface area contributed by atoms with E-state index in [0.717, 1.165) is 10.9 Å². The third-order valence-corrected chi connectivity index (χ3v) is 3.23. The Hall–Kier alpha value is 0.170. The molecule has 0 N–H and O–H groups in total. The highest BCUT2D eigenvalue weighted by Crippen LogP contribution is 2.34. The van der Waals surface area contributed by atoms with E-state index in [1.54, 1.807) is 0 Å². The van der Waals surface area contributed by atoms with Gasteiger partial charge in [-0.05, 0) is 22.4 Å². The lowest BCUT2D eigenvalue weighted by molar-refractivity contribution is 0.441. The molecule has 0 fully saturated rings. The van der Waals surface area contributed by atoms with Crippen molar-refractivity contribution < 1.29 is 0 Å². The van der Waals surface area contributed by atoms with Crippen molar-refractivity contribution in [1.82, 2.24) is 9.78 Å². The summed E-state index contributed by atoms with van der Waals surface area (Å²) in [7, 11) is 1.99. The summed E-state index contributed by atoms with van der Waals surface area (Å²) in [5.74, 6) is 0. The van der Waals surface area contributed by atoms with Crippen molar-refractivity contribution in [3.63, 3.8) is 0 Å². The number of hydrogen-bond acceptors (Lipinski definition) is 1. The summed E-state index contributed by atoms with van der Waals surface area (Å²) >= 11 is 7.14. The first-order valence-electron chi connectivity index (χ1n) is 4.66. The van der Waals surface area contributed by atoms with Crippen LogP contribution in [0.15, 0.2) is 10.7 Å². The van der Waals surface area contributed by atoms with Crippen molar-refractivity contribution >= 4 is 31.9 Å². The van der Waals surface area contributed by atoms with E-state index in [0.29, 0.717) is 4.83 Å². The van der Waals surface area contributed by atoms with Crippen molar-refractivity contribution in [2.45, 2.75) is 37.4 Å². The topological polar surface area (TPSA) is 17.8 Å². The van der Waals surface area contributed by atoms with Gasteiger partial charge in [-0.25, -0.2) is 0 Å². The number of aromatic nitrogens is 2. The highest BCUT2D eigenvalue weighted by atomic mass is 79.9. The molecule has 0 aliphatic carbocycles. The molecule has 0 spiro atoms. The summed E-state index contributed by atoms with van der Waals surface area (Å²) in [6.07, 6.45) is 2.95. The van der Waals surface area contributed by atoms with Gasteiger partial charge < -0.3 is 0 Å². The first-order valence-corrected chi connectivity index (χ1v) is 6.37. The fourth-order valence-corrected chi connectivity index (χ4v) is 3.67. The van der Waals surface area contributed by atoms with Crippen LogP contribution in [0.25, 0.3) is 0 Å². The molecule has 80 valence electrons. The van der Waals surface area contributed by atoms with Gasteiger partial charge in [-0.15, -0.1) is 0 Å². The second kappa shape index (κ2) is 4.35. The number of hydrogen-bond donors (Lipinski definition) is 0. The smallest absolute Gasteiger partial charge is 0.0635 e. The molecule has 0 aliphatic heterocycles. The highest BCUT2D eigenvalue weighted by molar-refractivity contribution is 9.10. The molecule has 4 heteroatoms. The second-order valence-electron chi connectivity index (χ2n) is 4.33. The monoisotopic (exact) mass is 322 g/mol. The van der Waals surface area contributed by atoms with E-state index < -0.39 is 0 Å². The van der Waals surface area contributed by atoms with Crippen LogP contribution in [-0.4, -0.2) is 14.6 Å². The molecule has 2 nitrogen and oxygen atoms in total. The molecule has 1 aromatic heterocycles. The van der Waals surface area contributed by atoms with Crippen LogP contribution in [0.3, 0.4) is 0 Å². The molecule has 0 saturated heterocycles. The molecule has 1 atom stereocenters. The minimum atomic E-state index is 0.132. The number of rotatable bonds is 3. The predicted molar refractivity (Wildman–Crippen MR) is 66.9 cm³/mol. The number of nitrogens with zero attached hydrogens (tertiary/aromatic N) is 2. The molecule has 0 aromatic carbocycles. The van der Waals surface area contributed by atoms with E-state index in [-0.39, 0.29) is 5.41 Å². The normalized spacial score (nSPS) is 14.4. The van der Waals surface area contributed by atoms with Gasteiger partial charge in [-0.1, -0.05) is 36.7 Å². The lowest BCUT2D eigenvalue weighted by Crippen LogP contribution is -2.24. The zero-order valence-electron chi connectivity index (χ0n) is 9.01. The van der Waals surface area contributed by atoms with Gasteiger partial charge in [0.1, 0.15) is 0 Å². The van der Waals surface area contributed by atoms with Crippen molar-refractivity contribution in [3.05, 3.63) is 16.4 Å². The van der Waals surface area contributed by atoms with Gasteiger partial charge in [-0.2, -0.15) is 5.10 Å². The first-order chi connectivity index (χ1) is 6.34. The highest BCUT2D eigenvalue weighted by Gasteiger charge is 2.27. The Balaban J connectivity index is 3.02. The lowest BCUT2D eigenvalue weighted by atomic mass is 9.84. The Morgan fingerprint density at radius 3 is 2.50 bits per heavy atom. The summed E-state index contributed by atoms with van der Waals surface area (Å²) in [6.45, 7) is 6.66. The van der Waals surface area contributed by atoms with Crippen LogP contribution in [0.5, 0.6) is 0 Å². The largest absolute Gasteiger partial charge is 0.271 e. The number of alkyl halides is 1. The van der Waals surface area contributed by atoms with Crippen LogP contribution in [-0.2, 0) is 12.5 Å². The summed E-state index contributed by atoms with van der Waals surface area (Å²) in [5, 5.41) is 4.24. The Morgan fingerprint density at radius 2 is 2.14 bits per heavy atom. The third-order valence-electron chi connectivity index (χ3n) is 2.33. The second-order valence-corrected chi connectivity index (χ2v) is 6.75. The lowest BCUT2D eigenvalue weighted by Gasteiger charge is -2.26. The average Bonchev–Trinajstić information content (AvgIpc) is 2.27. The molecule has 0 radical (unpaired) electrons. The molecule has 1 heterocycles. The average molecular weight is 324 g/mol. The van der Waals surface area contributed by atoms with Crippen LogP contribution < -0.4 is 0 Å². The van der Waals surface area contributed by atoms with Gasteiger partial charge in [0.15, 0.2) is 0 Å². The molecule has 1 unspecified atom stereocenters. The molecule has 0 saturated carbocycles. The van der Waals surface area contributed by atoms with E-state index >= 15 is 0 Å². The van der Waals surface area contributed by atoms with E-state index in [1.807, 2.05) is 17.9 Å². The molecule has 0 amide bonds.